The van der Waals surface area contributed by atoms with Gasteiger partial charge in [0.2, 0.25) is 0 Å². The van der Waals surface area contributed by atoms with Crippen LogP contribution in [0.2, 0.25) is 0 Å². The summed E-state index contributed by atoms with van der Waals surface area (Å²) in [7, 11) is 0. The Labute approximate surface area is 378 Å². The van der Waals surface area contributed by atoms with Gasteiger partial charge in [-0.3, -0.25) is 39.9 Å². The maximum Gasteiger partial charge on any atom is 2.00 e. The van der Waals surface area contributed by atoms with Crippen LogP contribution in [-0.2, 0) is 17.1 Å². The van der Waals surface area contributed by atoms with Gasteiger partial charge in [-0.25, -0.2) is 0 Å². The van der Waals surface area contributed by atoms with Gasteiger partial charge in [0.1, 0.15) is 0 Å². The second-order valence-electron chi connectivity index (χ2n) is 10.3. The van der Waals surface area contributed by atoms with Crippen LogP contribution in [0.25, 0.3) is 0 Å². The normalized spacial score (nSPS) is 9.18. The fourth-order valence-corrected chi connectivity index (χ4v) is 6.95. The molecule has 0 N–H and O–H groups in total. The second kappa shape index (κ2) is 32.4. The minimum Gasteiger partial charge on any atom is -0.356 e. The molecule has 313 valence electrons. The quantitative estimate of drug-likeness (QED) is 0.0782. The van der Waals surface area contributed by atoms with E-state index in [1.165, 1.54) is 39.2 Å². The summed E-state index contributed by atoms with van der Waals surface area (Å²) in [5.41, 5.74) is 0. The largest absolute Gasteiger partial charge is 2.00 e. The second-order valence-corrected chi connectivity index (χ2v) is 14.9. The minimum atomic E-state index is -1.75. The van der Waals surface area contributed by atoms with E-state index in [4.69, 9.17) is 30.6 Å². The maximum absolute atomic E-state index is 8.25. The molecule has 16 nitrogen and oxygen atoms in total. The van der Waals surface area contributed by atoms with Gasteiger partial charge in [0, 0.05) is 138 Å². The van der Waals surface area contributed by atoms with E-state index in [0.29, 0.717) is 0 Å². The first kappa shape index (κ1) is 50.7. The van der Waals surface area contributed by atoms with E-state index in [9.17, 15) is 0 Å². The molecule has 0 amide bonds. The molecule has 8 aromatic rings. The zero-order valence-corrected chi connectivity index (χ0v) is 35.5. The zero-order valence-electron chi connectivity index (χ0n) is 31.3. The molecule has 0 saturated carbocycles. The molecule has 1 radical (unpaired) electrons. The van der Waals surface area contributed by atoms with E-state index in [0.717, 1.165) is 0 Å². The molecule has 0 aliphatic rings. The first-order valence-corrected chi connectivity index (χ1v) is 20.1. The monoisotopic (exact) mass is 939 g/mol. The van der Waals surface area contributed by atoms with Gasteiger partial charge in [-0.05, 0) is 97.1 Å². The molecular formula is C40H32CuN10O6S4. The Morgan fingerprint density at radius 3 is 0.426 bits per heavy atom. The molecule has 0 bridgehead atoms. The summed E-state index contributed by atoms with van der Waals surface area (Å²) in [5, 5.41) is 29.5. The van der Waals surface area contributed by atoms with Crippen LogP contribution < -0.4 is 0 Å². The van der Waals surface area contributed by atoms with Gasteiger partial charge in [-0.1, -0.05) is 47.0 Å². The van der Waals surface area contributed by atoms with Crippen molar-refractivity contribution < 1.29 is 27.2 Å². The van der Waals surface area contributed by atoms with Gasteiger partial charge < -0.3 is 30.6 Å². The van der Waals surface area contributed by atoms with Crippen molar-refractivity contribution in [1.29, 1.82) is 0 Å². The summed E-state index contributed by atoms with van der Waals surface area (Å²) in [4.78, 5) is 57.8. The van der Waals surface area contributed by atoms with Gasteiger partial charge in [0.15, 0.2) is 0 Å². The summed E-state index contributed by atoms with van der Waals surface area (Å²) < 4.78 is 0. The molecule has 8 rings (SSSR count). The van der Waals surface area contributed by atoms with Gasteiger partial charge in [0.25, 0.3) is 0 Å². The summed E-state index contributed by atoms with van der Waals surface area (Å²) in [5.74, 6) is 0. The topological polar surface area (TPSA) is 236 Å². The van der Waals surface area contributed by atoms with Crippen LogP contribution in [-0.4, -0.2) is 50.0 Å². The van der Waals surface area contributed by atoms with Crippen molar-refractivity contribution in [2.24, 2.45) is 0 Å². The van der Waals surface area contributed by atoms with Crippen LogP contribution in [0.1, 0.15) is 0 Å². The van der Waals surface area contributed by atoms with E-state index in [1.807, 2.05) is 97.1 Å². The third-order valence-electron chi connectivity index (χ3n) is 6.14. The molecule has 0 unspecified atom stereocenters. The third-order valence-corrected chi connectivity index (χ3v) is 10.2. The van der Waals surface area contributed by atoms with E-state index in [-0.39, 0.29) is 17.1 Å². The summed E-state index contributed by atoms with van der Waals surface area (Å²) in [6.45, 7) is 0. The summed E-state index contributed by atoms with van der Waals surface area (Å²) in [6, 6.07) is 31.9. The average Bonchev–Trinajstić information content (AvgIpc) is 3.27. The third kappa shape index (κ3) is 26.3. The molecule has 0 aromatic carbocycles. The molecule has 8 heterocycles. The SMILES string of the molecule is O=[N+]([O-])[O-].O=[N+]([O-])[O-].[Cu+2].c1cc(Sc2ccncc2)ccn1.c1cc(Sc2ccncc2)ccn1.c1cc(Sc2ccncc2)ccn1.c1cc(Sc2ccncc2)ccn1. The van der Waals surface area contributed by atoms with Crippen molar-refractivity contribution in [2.45, 2.75) is 39.2 Å². The Kier molecular flexibility index (Phi) is 26.9. The van der Waals surface area contributed by atoms with Gasteiger partial charge in [-0.15, -0.1) is 0 Å². The molecule has 21 heteroatoms. The van der Waals surface area contributed by atoms with E-state index >= 15 is 0 Å². The summed E-state index contributed by atoms with van der Waals surface area (Å²) >= 11 is 6.83. The van der Waals surface area contributed by atoms with Gasteiger partial charge in [0.05, 0.1) is 10.2 Å². The van der Waals surface area contributed by atoms with Crippen molar-refractivity contribution in [3.63, 3.8) is 0 Å². The van der Waals surface area contributed by atoms with Crippen LogP contribution in [0.4, 0.5) is 0 Å². The first-order chi connectivity index (χ1) is 29.3. The van der Waals surface area contributed by atoms with E-state index in [2.05, 4.69) is 39.9 Å². The predicted octanol–water partition coefficient (Wildman–Crippen LogP) is 10.0. The molecule has 0 spiro atoms. The maximum atomic E-state index is 8.25. The Balaban J connectivity index is 0.000000263. The summed E-state index contributed by atoms with van der Waals surface area (Å²) in [6.07, 6.45) is 28.7. The average molecular weight is 941 g/mol. The fourth-order valence-electron chi connectivity index (χ4n) is 3.79. The van der Waals surface area contributed by atoms with Crippen LogP contribution in [0.5, 0.6) is 0 Å². The fraction of sp³-hybridized carbons (Fsp3) is 0. The number of hydrogen-bond acceptors (Lipinski definition) is 18. The number of nitrogens with zero attached hydrogens (tertiary/aromatic N) is 10. The molecule has 0 atom stereocenters. The van der Waals surface area contributed by atoms with Crippen LogP contribution in [0.15, 0.2) is 235 Å². The Bertz CT molecular complexity index is 1830. The Morgan fingerprint density at radius 2 is 0.344 bits per heavy atom. The molecule has 8 aromatic heterocycles. The van der Waals surface area contributed by atoms with Crippen LogP contribution in [0, 0.1) is 30.6 Å². The predicted molar refractivity (Wildman–Crippen MR) is 231 cm³/mol. The van der Waals surface area contributed by atoms with E-state index in [1.54, 1.807) is 146 Å². The number of rotatable bonds is 8. The Hall–Kier alpha value is -6.48. The standard InChI is InChI=1S/4C10H8N2S.Cu.2NO3/c4*1-5-11-6-2-9(1)13-10-3-7-12-8-4-10;;2*2-1(3)4/h4*1-8H;;;/q;;;;+2;2*-1. The first-order valence-electron chi connectivity index (χ1n) is 16.8. The molecule has 61 heavy (non-hydrogen) atoms. The number of pyridine rings is 8. The number of hydrogen-bond donors (Lipinski definition) is 0. The minimum absolute atomic E-state index is 0. The van der Waals surface area contributed by atoms with Crippen molar-refractivity contribution in [2.75, 3.05) is 0 Å². The van der Waals surface area contributed by atoms with Gasteiger partial charge >= 0.3 is 17.1 Å². The Morgan fingerprint density at radius 1 is 0.262 bits per heavy atom. The van der Waals surface area contributed by atoms with Crippen LogP contribution >= 0.6 is 47.0 Å². The molecule has 0 saturated heterocycles. The smallest absolute Gasteiger partial charge is 0.356 e. The molecule has 0 aliphatic heterocycles. The van der Waals surface area contributed by atoms with Crippen molar-refractivity contribution in [3.8, 4) is 0 Å². The molecule has 0 aliphatic carbocycles. The van der Waals surface area contributed by atoms with Crippen molar-refractivity contribution >= 4 is 47.0 Å². The number of aromatic nitrogens is 8. The van der Waals surface area contributed by atoms with Crippen molar-refractivity contribution in [1.82, 2.24) is 39.9 Å². The molecular weight excluding hydrogens is 908 g/mol. The van der Waals surface area contributed by atoms with Crippen molar-refractivity contribution in [3.05, 3.63) is 227 Å². The zero-order chi connectivity index (χ0) is 42.9. The van der Waals surface area contributed by atoms with Gasteiger partial charge in [-0.2, -0.15) is 0 Å². The van der Waals surface area contributed by atoms with E-state index < -0.39 is 10.2 Å². The van der Waals surface area contributed by atoms with Crippen LogP contribution in [0.3, 0.4) is 0 Å². The molecule has 0 fully saturated rings.